The molecule has 1 amide bonds. The topological polar surface area (TPSA) is 49.3 Å². The Balaban J connectivity index is 1.68. The second-order valence-electron chi connectivity index (χ2n) is 6.85. The minimum absolute atomic E-state index is 0.0941. The van der Waals surface area contributed by atoms with Crippen LogP contribution in [0.1, 0.15) is 43.2 Å². The van der Waals surface area contributed by atoms with Crippen molar-refractivity contribution in [3.8, 4) is 0 Å². The summed E-state index contributed by atoms with van der Waals surface area (Å²) in [5, 5.41) is 12.8. The van der Waals surface area contributed by atoms with E-state index < -0.39 is 0 Å². The van der Waals surface area contributed by atoms with Crippen LogP contribution in [0, 0.1) is 24.7 Å². The van der Waals surface area contributed by atoms with Crippen molar-refractivity contribution in [2.75, 3.05) is 6.61 Å². The predicted molar refractivity (Wildman–Crippen MR) is 82.9 cm³/mol. The van der Waals surface area contributed by atoms with E-state index in [1.165, 1.54) is 24.8 Å². The Labute approximate surface area is 126 Å². The Morgan fingerprint density at radius 3 is 2.86 bits per heavy atom. The van der Waals surface area contributed by atoms with Gasteiger partial charge in [-0.15, -0.1) is 0 Å². The highest BCUT2D eigenvalue weighted by atomic mass is 16.3. The van der Waals surface area contributed by atoms with Gasteiger partial charge in [-0.05, 0) is 50.5 Å². The van der Waals surface area contributed by atoms with Crippen LogP contribution in [0.5, 0.6) is 0 Å². The Kier molecular flexibility index (Phi) is 4.03. The molecule has 2 bridgehead atoms. The first-order chi connectivity index (χ1) is 10.1. The second kappa shape index (κ2) is 5.80. The lowest BCUT2D eigenvalue weighted by atomic mass is 9.84. The number of rotatable bonds is 4. The van der Waals surface area contributed by atoms with Gasteiger partial charge in [-0.3, -0.25) is 4.79 Å². The fourth-order valence-electron chi connectivity index (χ4n) is 4.28. The van der Waals surface area contributed by atoms with Crippen LogP contribution in [0.2, 0.25) is 0 Å². The molecular formula is C18H25NO2. The molecule has 0 spiro atoms. The number of carbonyl (C=O) groups is 1. The number of aryl methyl sites for hydroxylation is 1. The van der Waals surface area contributed by atoms with Gasteiger partial charge in [0.2, 0.25) is 5.91 Å². The third kappa shape index (κ3) is 2.71. The molecule has 3 nitrogen and oxygen atoms in total. The highest BCUT2D eigenvalue weighted by molar-refractivity contribution is 5.83. The van der Waals surface area contributed by atoms with E-state index in [2.05, 4.69) is 11.4 Å². The summed E-state index contributed by atoms with van der Waals surface area (Å²) in [6.45, 7) is 4.21. The molecule has 1 aromatic rings. The average molecular weight is 287 g/mol. The van der Waals surface area contributed by atoms with Crippen LogP contribution in [0.3, 0.4) is 0 Å². The fourth-order valence-corrected chi connectivity index (χ4v) is 4.28. The highest BCUT2D eigenvalue weighted by Crippen LogP contribution is 2.48. The molecule has 2 saturated carbocycles. The molecule has 3 heteroatoms. The van der Waals surface area contributed by atoms with E-state index in [0.717, 1.165) is 5.56 Å². The van der Waals surface area contributed by atoms with E-state index >= 15 is 0 Å². The Morgan fingerprint density at radius 2 is 2.14 bits per heavy atom. The van der Waals surface area contributed by atoms with E-state index in [1.807, 2.05) is 32.0 Å². The molecule has 1 aromatic carbocycles. The molecule has 0 aliphatic heterocycles. The summed E-state index contributed by atoms with van der Waals surface area (Å²) in [6, 6.07) is 8.32. The molecule has 3 rings (SSSR count). The Morgan fingerprint density at radius 1 is 1.38 bits per heavy atom. The normalized spacial score (nSPS) is 32.1. The smallest absolute Gasteiger partial charge is 0.227 e. The van der Waals surface area contributed by atoms with Crippen molar-refractivity contribution >= 4 is 5.91 Å². The molecule has 2 aliphatic carbocycles. The number of aliphatic hydroxyl groups excluding tert-OH is 1. The van der Waals surface area contributed by atoms with Gasteiger partial charge in [0, 0.05) is 18.6 Å². The van der Waals surface area contributed by atoms with Crippen LogP contribution in [0.4, 0.5) is 0 Å². The molecule has 5 unspecified atom stereocenters. The van der Waals surface area contributed by atoms with Crippen molar-refractivity contribution < 1.29 is 9.90 Å². The molecular weight excluding hydrogens is 262 g/mol. The second-order valence-corrected chi connectivity index (χ2v) is 6.85. The lowest BCUT2D eigenvalue weighted by Crippen LogP contribution is -2.46. The number of fused-ring (bicyclic) bond motifs is 2. The minimum atomic E-state index is -0.136. The monoisotopic (exact) mass is 287 g/mol. The number of carbonyl (C=O) groups excluding carboxylic acids is 1. The maximum Gasteiger partial charge on any atom is 0.227 e. The van der Waals surface area contributed by atoms with Gasteiger partial charge in [0.25, 0.3) is 0 Å². The van der Waals surface area contributed by atoms with Crippen LogP contribution in [0.25, 0.3) is 0 Å². The zero-order valence-corrected chi connectivity index (χ0v) is 12.9. The first kappa shape index (κ1) is 14.6. The van der Waals surface area contributed by atoms with Gasteiger partial charge in [0.15, 0.2) is 0 Å². The van der Waals surface area contributed by atoms with Crippen molar-refractivity contribution in [3.05, 3.63) is 35.4 Å². The molecule has 0 saturated heterocycles. The average Bonchev–Trinajstić information content (AvgIpc) is 3.07. The SMILES string of the molecule is Cc1cccc(C(C)C(=O)NC2C3CCC(C3)C2CO)c1. The van der Waals surface area contributed by atoms with Gasteiger partial charge in [0.05, 0.1) is 5.92 Å². The van der Waals surface area contributed by atoms with E-state index in [9.17, 15) is 9.90 Å². The van der Waals surface area contributed by atoms with Crippen molar-refractivity contribution in [3.63, 3.8) is 0 Å². The van der Waals surface area contributed by atoms with Crippen LogP contribution < -0.4 is 5.32 Å². The number of nitrogens with one attached hydrogen (secondary N) is 1. The zero-order chi connectivity index (χ0) is 15.0. The van der Waals surface area contributed by atoms with Gasteiger partial charge in [0.1, 0.15) is 0 Å². The highest BCUT2D eigenvalue weighted by Gasteiger charge is 2.47. The fraction of sp³-hybridized carbons (Fsp3) is 0.611. The summed E-state index contributed by atoms with van der Waals surface area (Å²) in [4.78, 5) is 12.6. The predicted octanol–water partition coefficient (Wildman–Crippen LogP) is 2.62. The zero-order valence-electron chi connectivity index (χ0n) is 12.9. The van der Waals surface area contributed by atoms with E-state index in [0.29, 0.717) is 11.8 Å². The van der Waals surface area contributed by atoms with Gasteiger partial charge in [-0.1, -0.05) is 29.8 Å². The van der Waals surface area contributed by atoms with Crippen LogP contribution in [-0.2, 0) is 4.79 Å². The molecule has 2 fully saturated rings. The third-order valence-electron chi connectivity index (χ3n) is 5.54. The summed E-state index contributed by atoms with van der Waals surface area (Å²) in [5.41, 5.74) is 2.25. The first-order valence-electron chi connectivity index (χ1n) is 8.08. The summed E-state index contributed by atoms with van der Waals surface area (Å²) in [5.74, 6) is 1.40. The van der Waals surface area contributed by atoms with Gasteiger partial charge in [-0.25, -0.2) is 0 Å². The summed E-state index contributed by atoms with van der Waals surface area (Å²) in [7, 11) is 0. The molecule has 5 atom stereocenters. The molecule has 0 heterocycles. The standard InChI is InChI=1S/C18H25NO2/c1-11-4-3-5-13(8-11)12(2)18(21)19-17-15-7-6-14(9-15)16(17)10-20/h3-5,8,12,14-17,20H,6-7,9-10H2,1-2H3,(H,19,21). The van der Waals surface area contributed by atoms with Gasteiger partial charge < -0.3 is 10.4 Å². The summed E-state index contributed by atoms with van der Waals surface area (Å²) < 4.78 is 0. The molecule has 0 aromatic heterocycles. The van der Waals surface area contributed by atoms with Crippen molar-refractivity contribution in [1.29, 1.82) is 0 Å². The molecule has 114 valence electrons. The molecule has 2 N–H and O–H groups in total. The maximum atomic E-state index is 12.6. The number of amides is 1. The van der Waals surface area contributed by atoms with Crippen LogP contribution >= 0.6 is 0 Å². The quantitative estimate of drug-likeness (QED) is 0.894. The Bertz CT molecular complexity index is 528. The lowest BCUT2D eigenvalue weighted by Gasteiger charge is -2.31. The summed E-state index contributed by atoms with van der Waals surface area (Å²) in [6.07, 6.45) is 3.59. The lowest BCUT2D eigenvalue weighted by molar-refractivity contribution is -0.123. The molecule has 0 radical (unpaired) electrons. The largest absolute Gasteiger partial charge is 0.396 e. The number of benzene rings is 1. The maximum absolute atomic E-state index is 12.6. The minimum Gasteiger partial charge on any atom is -0.396 e. The van der Waals surface area contributed by atoms with Gasteiger partial charge >= 0.3 is 0 Å². The number of aliphatic hydroxyl groups is 1. The van der Waals surface area contributed by atoms with Crippen molar-refractivity contribution in [1.82, 2.24) is 5.32 Å². The van der Waals surface area contributed by atoms with E-state index in [1.54, 1.807) is 0 Å². The van der Waals surface area contributed by atoms with Crippen LogP contribution in [-0.4, -0.2) is 23.7 Å². The van der Waals surface area contributed by atoms with E-state index in [4.69, 9.17) is 0 Å². The van der Waals surface area contributed by atoms with Crippen molar-refractivity contribution in [2.24, 2.45) is 17.8 Å². The molecule has 2 aliphatic rings. The molecule has 21 heavy (non-hydrogen) atoms. The van der Waals surface area contributed by atoms with Gasteiger partial charge in [-0.2, -0.15) is 0 Å². The third-order valence-corrected chi connectivity index (χ3v) is 5.54. The van der Waals surface area contributed by atoms with E-state index in [-0.39, 0.29) is 30.4 Å². The van der Waals surface area contributed by atoms with Crippen molar-refractivity contribution in [2.45, 2.75) is 45.1 Å². The number of hydrogen-bond acceptors (Lipinski definition) is 2. The van der Waals surface area contributed by atoms with Crippen LogP contribution in [0.15, 0.2) is 24.3 Å². The Hall–Kier alpha value is -1.35. The first-order valence-corrected chi connectivity index (χ1v) is 8.08. The summed E-state index contributed by atoms with van der Waals surface area (Å²) >= 11 is 0. The number of hydrogen-bond donors (Lipinski definition) is 2.